The van der Waals surface area contributed by atoms with Gasteiger partial charge in [-0.25, -0.2) is 4.98 Å². The van der Waals surface area contributed by atoms with Crippen molar-refractivity contribution < 1.29 is 0 Å². The third-order valence-electron chi connectivity index (χ3n) is 4.11. The third-order valence-corrected chi connectivity index (χ3v) is 4.98. The lowest BCUT2D eigenvalue weighted by molar-refractivity contribution is 0.330. The van der Waals surface area contributed by atoms with Crippen LogP contribution in [0.25, 0.3) is 0 Å². The predicted molar refractivity (Wildman–Crippen MR) is 90.7 cm³/mol. The molecule has 0 fully saturated rings. The van der Waals surface area contributed by atoms with Gasteiger partial charge in [0.05, 0.1) is 10.7 Å². The summed E-state index contributed by atoms with van der Waals surface area (Å²) in [5.41, 5.74) is 1.39. The number of hydrogen-bond acceptors (Lipinski definition) is 3. The van der Waals surface area contributed by atoms with Gasteiger partial charge in [0.1, 0.15) is 0 Å². The van der Waals surface area contributed by atoms with Crippen LogP contribution in [0.3, 0.4) is 0 Å². The summed E-state index contributed by atoms with van der Waals surface area (Å²) in [5, 5.41) is 7.04. The summed E-state index contributed by atoms with van der Waals surface area (Å²) in [4.78, 5) is 4.84. The van der Waals surface area contributed by atoms with Gasteiger partial charge in [-0.2, -0.15) is 0 Å². The Kier molecular flexibility index (Phi) is 7.18. The molecule has 2 atom stereocenters. The maximum Gasteiger partial charge on any atom is 0.0944 e. The van der Waals surface area contributed by atoms with Crippen LogP contribution in [0.1, 0.15) is 71.0 Å². The highest BCUT2D eigenvalue weighted by molar-refractivity contribution is 7.09. The summed E-state index contributed by atoms with van der Waals surface area (Å²) in [7, 11) is 2.09. The summed E-state index contributed by atoms with van der Waals surface area (Å²) in [5.74, 6) is 0.766. The number of aromatic nitrogens is 1. The number of unbranched alkanes of at least 4 members (excludes halogenated alkanes) is 1. The minimum atomic E-state index is 0.163. The average molecular weight is 297 g/mol. The molecule has 1 heterocycles. The SMILES string of the molecule is CCCCC(CC)C(Cc1nc(C(C)(C)C)cs1)NC. The van der Waals surface area contributed by atoms with E-state index in [0.717, 1.165) is 12.3 Å². The molecule has 0 radical (unpaired) electrons. The van der Waals surface area contributed by atoms with Crippen molar-refractivity contribution in [2.24, 2.45) is 5.92 Å². The van der Waals surface area contributed by atoms with Crippen LogP contribution in [0, 0.1) is 5.92 Å². The Morgan fingerprint density at radius 3 is 2.45 bits per heavy atom. The highest BCUT2D eigenvalue weighted by Crippen LogP contribution is 2.26. The van der Waals surface area contributed by atoms with E-state index in [1.807, 2.05) is 11.3 Å². The summed E-state index contributed by atoms with van der Waals surface area (Å²) in [6.45, 7) is 11.3. The van der Waals surface area contributed by atoms with E-state index in [1.54, 1.807) is 0 Å². The van der Waals surface area contributed by atoms with E-state index in [1.165, 1.54) is 36.4 Å². The minimum absolute atomic E-state index is 0.163. The molecule has 0 spiro atoms. The second kappa shape index (κ2) is 8.14. The summed E-state index contributed by atoms with van der Waals surface area (Å²) >= 11 is 1.82. The predicted octanol–water partition coefficient (Wildman–Crippen LogP) is 4.79. The van der Waals surface area contributed by atoms with Crippen LogP contribution in [0.15, 0.2) is 5.38 Å². The van der Waals surface area contributed by atoms with Gasteiger partial charge in [0, 0.05) is 23.3 Å². The molecular formula is C17H32N2S. The van der Waals surface area contributed by atoms with Crippen molar-refractivity contribution >= 4 is 11.3 Å². The molecule has 0 saturated carbocycles. The van der Waals surface area contributed by atoms with Crippen LogP contribution in [0.5, 0.6) is 0 Å². The number of rotatable bonds is 8. The molecule has 1 aromatic rings. The molecule has 0 aliphatic heterocycles. The van der Waals surface area contributed by atoms with E-state index >= 15 is 0 Å². The normalized spacial score (nSPS) is 15.3. The summed E-state index contributed by atoms with van der Waals surface area (Å²) < 4.78 is 0. The molecule has 1 rings (SSSR count). The molecule has 2 unspecified atom stereocenters. The minimum Gasteiger partial charge on any atom is -0.316 e. The van der Waals surface area contributed by atoms with Crippen LogP contribution >= 0.6 is 11.3 Å². The maximum atomic E-state index is 4.84. The monoisotopic (exact) mass is 296 g/mol. The van der Waals surface area contributed by atoms with Crippen LogP contribution < -0.4 is 5.32 Å². The Hall–Kier alpha value is -0.410. The van der Waals surface area contributed by atoms with Gasteiger partial charge in [-0.15, -0.1) is 11.3 Å². The summed E-state index contributed by atoms with van der Waals surface area (Å²) in [6.07, 6.45) is 6.28. The van der Waals surface area contributed by atoms with Gasteiger partial charge in [-0.05, 0) is 19.4 Å². The van der Waals surface area contributed by atoms with Crippen LogP contribution in [0.4, 0.5) is 0 Å². The Bertz CT molecular complexity index is 379. The Morgan fingerprint density at radius 1 is 1.30 bits per heavy atom. The standard InChI is InChI=1S/C17H32N2S/c1-7-9-10-13(8-2)14(18-6)11-16-19-15(12-20-16)17(3,4)5/h12-14,18H,7-11H2,1-6H3. The first-order valence-electron chi connectivity index (χ1n) is 8.04. The van der Waals surface area contributed by atoms with Crippen molar-refractivity contribution in [2.45, 2.75) is 78.2 Å². The summed E-state index contributed by atoms with van der Waals surface area (Å²) in [6, 6.07) is 0.561. The molecule has 0 saturated heterocycles. The zero-order valence-electron chi connectivity index (χ0n) is 14.1. The molecule has 0 aliphatic rings. The first-order chi connectivity index (χ1) is 9.42. The van der Waals surface area contributed by atoms with Crippen LogP contribution in [0.2, 0.25) is 0 Å². The largest absolute Gasteiger partial charge is 0.316 e. The number of hydrogen-bond donors (Lipinski definition) is 1. The van der Waals surface area contributed by atoms with Gasteiger partial charge in [-0.1, -0.05) is 53.9 Å². The molecule has 116 valence electrons. The van der Waals surface area contributed by atoms with Gasteiger partial charge >= 0.3 is 0 Å². The van der Waals surface area contributed by atoms with E-state index in [4.69, 9.17) is 4.98 Å². The fourth-order valence-electron chi connectivity index (χ4n) is 2.60. The smallest absolute Gasteiger partial charge is 0.0944 e. The van der Waals surface area contributed by atoms with Crippen molar-refractivity contribution in [1.82, 2.24) is 10.3 Å². The van der Waals surface area contributed by atoms with Crippen molar-refractivity contribution in [1.29, 1.82) is 0 Å². The van der Waals surface area contributed by atoms with E-state index in [0.29, 0.717) is 6.04 Å². The van der Waals surface area contributed by atoms with Gasteiger partial charge in [0.2, 0.25) is 0 Å². The lowest BCUT2D eigenvalue weighted by Gasteiger charge is -2.25. The van der Waals surface area contributed by atoms with Gasteiger partial charge < -0.3 is 5.32 Å². The molecule has 0 amide bonds. The first-order valence-corrected chi connectivity index (χ1v) is 8.92. The molecule has 0 aliphatic carbocycles. The van der Waals surface area contributed by atoms with E-state index in [2.05, 4.69) is 52.4 Å². The fourth-order valence-corrected chi connectivity index (χ4v) is 3.68. The molecular weight excluding hydrogens is 264 g/mol. The average Bonchev–Trinajstić information content (AvgIpc) is 2.86. The lowest BCUT2D eigenvalue weighted by Crippen LogP contribution is -2.35. The fraction of sp³-hybridized carbons (Fsp3) is 0.824. The molecule has 3 heteroatoms. The van der Waals surface area contributed by atoms with Gasteiger partial charge in [0.25, 0.3) is 0 Å². The third kappa shape index (κ3) is 5.17. The number of thiazole rings is 1. The molecule has 1 aromatic heterocycles. The maximum absolute atomic E-state index is 4.84. The van der Waals surface area contributed by atoms with Crippen molar-refractivity contribution in [3.8, 4) is 0 Å². The molecule has 2 nitrogen and oxygen atoms in total. The van der Waals surface area contributed by atoms with E-state index in [9.17, 15) is 0 Å². The molecule has 0 bridgehead atoms. The van der Waals surface area contributed by atoms with Crippen molar-refractivity contribution in [3.05, 3.63) is 16.1 Å². The van der Waals surface area contributed by atoms with E-state index in [-0.39, 0.29) is 5.41 Å². The molecule has 20 heavy (non-hydrogen) atoms. The Balaban J connectivity index is 2.69. The van der Waals surface area contributed by atoms with Crippen LogP contribution in [-0.4, -0.2) is 18.1 Å². The topological polar surface area (TPSA) is 24.9 Å². The zero-order chi connectivity index (χ0) is 15.2. The van der Waals surface area contributed by atoms with Gasteiger partial charge in [0.15, 0.2) is 0 Å². The number of likely N-dealkylation sites (N-methyl/N-ethyl adjacent to an activating group) is 1. The van der Waals surface area contributed by atoms with Crippen LogP contribution in [-0.2, 0) is 11.8 Å². The zero-order valence-corrected chi connectivity index (χ0v) is 14.9. The number of nitrogens with zero attached hydrogens (tertiary/aromatic N) is 1. The highest BCUT2D eigenvalue weighted by Gasteiger charge is 2.22. The van der Waals surface area contributed by atoms with Crippen molar-refractivity contribution in [3.63, 3.8) is 0 Å². The lowest BCUT2D eigenvalue weighted by atomic mass is 9.89. The second-order valence-electron chi connectivity index (χ2n) is 6.79. The van der Waals surface area contributed by atoms with Gasteiger partial charge in [-0.3, -0.25) is 0 Å². The molecule has 0 aromatic carbocycles. The first kappa shape index (κ1) is 17.6. The quantitative estimate of drug-likeness (QED) is 0.746. The Morgan fingerprint density at radius 2 is 2.00 bits per heavy atom. The molecule has 1 N–H and O–H groups in total. The Labute approximate surface area is 129 Å². The highest BCUT2D eigenvalue weighted by atomic mass is 32.1. The van der Waals surface area contributed by atoms with E-state index < -0.39 is 0 Å². The van der Waals surface area contributed by atoms with Crippen molar-refractivity contribution in [2.75, 3.05) is 7.05 Å². The second-order valence-corrected chi connectivity index (χ2v) is 7.73. The number of nitrogens with one attached hydrogen (secondary N) is 1.